The Kier molecular flexibility index (Phi) is 8.20. The predicted molar refractivity (Wildman–Crippen MR) is 103 cm³/mol. The molecule has 1 atom stereocenters. The first kappa shape index (κ1) is 19.2. The lowest BCUT2D eigenvalue weighted by atomic mass is 9.97. The molecule has 1 unspecified atom stereocenters. The summed E-state index contributed by atoms with van der Waals surface area (Å²) in [6, 6.07) is 19.4. The van der Waals surface area contributed by atoms with Crippen LogP contribution in [0.5, 0.6) is 0 Å². The average Bonchev–Trinajstić information content (AvgIpc) is 2.63. The molecule has 0 amide bonds. The monoisotopic (exact) mass is 339 g/mol. The minimum Gasteiger partial charge on any atom is -0.466 e. The summed E-state index contributed by atoms with van der Waals surface area (Å²) < 4.78 is 4.96. The lowest BCUT2D eigenvalue weighted by Crippen LogP contribution is -2.23. The zero-order chi connectivity index (χ0) is 17.9. The average molecular weight is 339 g/mol. The summed E-state index contributed by atoms with van der Waals surface area (Å²) in [6.45, 7) is 5.35. The van der Waals surface area contributed by atoms with Crippen LogP contribution in [-0.4, -0.2) is 19.1 Å². The van der Waals surface area contributed by atoms with Crippen LogP contribution in [0.15, 0.2) is 54.6 Å². The van der Waals surface area contributed by atoms with Crippen LogP contribution in [0.1, 0.15) is 55.3 Å². The molecule has 2 aromatic rings. The van der Waals surface area contributed by atoms with E-state index >= 15 is 0 Å². The number of hydrogen-bond donors (Lipinski definition) is 1. The number of carbonyl (C=O) groups excluding carboxylic acids is 1. The molecule has 134 valence electrons. The Labute approximate surface area is 151 Å². The van der Waals surface area contributed by atoms with Crippen LogP contribution in [0, 0.1) is 6.92 Å². The van der Waals surface area contributed by atoms with Crippen LogP contribution in [-0.2, 0) is 9.53 Å². The van der Waals surface area contributed by atoms with E-state index in [0.29, 0.717) is 13.0 Å². The lowest BCUT2D eigenvalue weighted by molar-refractivity contribution is -0.143. The number of ether oxygens (including phenoxy) is 1. The van der Waals surface area contributed by atoms with E-state index in [1.807, 2.05) is 13.0 Å². The van der Waals surface area contributed by atoms with Crippen molar-refractivity contribution in [1.29, 1.82) is 0 Å². The Hall–Kier alpha value is -2.13. The van der Waals surface area contributed by atoms with Crippen molar-refractivity contribution in [3.05, 3.63) is 71.3 Å². The molecule has 0 heterocycles. The maximum absolute atomic E-state index is 11.3. The van der Waals surface area contributed by atoms with E-state index in [1.54, 1.807) is 0 Å². The number of benzene rings is 2. The van der Waals surface area contributed by atoms with Crippen molar-refractivity contribution in [3.63, 3.8) is 0 Å². The molecule has 0 saturated heterocycles. The van der Waals surface area contributed by atoms with Gasteiger partial charge in [0.1, 0.15) is 0 Å². The van der Waals surface area contributed by atoms with Gasteiger partial charge in [-0.05, 0) is 44.4 Å². The molecule has 1 N–H and O–H groups in total. The number of carbonyl (C=O) groups is 1. The molecule has 2 rings (SSSR count). The van der Waals surface area contributed by atoms with Gasteiger partial charge in [-0.15, -0.1) is 0 Å². The van der Waals surface area contributed by atoms with Gasteiger partial charge < -0.3 is 10.1 Å². The van der Waals surface area contributed by atoms with Crippen molar-refractivity contribution in [2.45, 2.75) is 45.6 Å². The molecule has 0 aromatic heterocycles. The zero-order valence-corrected chi connectivity index (χ0v) is 15.3. The first-order valence-electron chi connectivity index (χ1n) is 9.21. The second kappa shape index (κ2) is 10.7. The van der Waals surface area contributed by atoms with Crippen molar-refractivity contribution in [2.24, 2.45) is 0 Å². The van der Waals surface area contributed by atoms with Gasteiger partial charge in [0.05, 0.1) is 12.6 Å². The van der Waals surface area contributed by atoms with E-state index in [-0.39, 0.29) is 12.0 Å². The maximum atomic E-state index is 11.3. The molecular weight excluding hydrogens is 310 g/mol. The first-order chi connectivity index (χ1) is 12.2. The van der Waals surface area contributed by atoms with Crippen LogP contribution < -0.4 is 5.32 Å². The molecule has 3 heteroatoms. The van der Waals surface area contributed by atoms with Gasteiger partial charge in [0.2, 0.25) is 0 Å². The molecule has 2 aromatic carbocycles. The van der Waals surface area contributed by atoms with Gasteiger partial charge in [-0.1, -0.05) is 66.6 Å². The fourth-order valence-corrected chi connectivity index (χ4v) is 2.88. The molecule has 3 nitrogen and oxygen atoms in total. The van der Waals surface area contributed by atoms with E-state index in [1.165, 1.54) is 16.7 Å². The molecule has 0 radical (unpaired) electrons. The minimum absolute atomic E-state index is 0.0859. The number of unbranched alkanes of at least 4 members (excludes halogenated alkanes) is 2. The molecular formula is C22H29NO2. The van der Waals surface area contributed by atoms with Crippen LogP contribution in [0.25, 0.3) is 0 Å². The molecule has 0 bridgehead atoms. The third kappa shape index (κ3) is 6.71. The summed E-state index contributed by atoms with van der Waals surface area (Å²) >= 11 is 0. The fourth-order valence-electron chi connectivity index (χ4n) is 2.88. The van der Waals surface area contributed by atoms with E-state index in [0.717, 1.165) is 25.8 Å². The van der Waals surface area contributed by atoms with Gasteiger partial charge in [-0.2, -0.15) is 0 Å². The topological polar surface area (TPSA) is 38.3 Å². The van der Waals surface area contributed by atoms with Gasteiger partial charge in [-0.3, -0.25) is 4.79 Å². The molecule has 0 spiro atoms. The van der Waals surface area contributed by atoms with Crippen LogP contribution in [0.2, 0.25) is 0 Å². The van der Waals surface area contributed by atoms with Crippen molar-refractivity contribution in [1.82, 2.24) is 5.32 Å². The second-order valence-electron chi connectivity index (χ2n) is 6.32. The van der Waals surface area contributed by atoms with Gasteiger partial charge in [0.15, 0.2) is 0 Å². The Morgan fingerprint density at radius 2 is 1.64 bits per heavy atom. The van der Waals surface area contributed by atoms with Crippen LogP contribution in [0.4, 0.5) is 0 Å². The summed E-state index contributed by atoms with van der Waals surface area (Å²) in [7, 11) is 0. The Bertz CT molecular complexity index is 622. The van der Waals surface area contributed by atoms with Crippen LogP contribution >= 0.6 is 0 Å². The highest BCUT2D eigenvalue weighted by molar-refractivity contribution is 5.69. The SMILES string of the molecule is CCOC(=O)CCCCCNC(c1ccccc1)c1ccc(C)cc1. The Morgan fingerprint density at radius 1 is 0.960 bits per heavy atom. The van der Waals surface area contributed by atoms with E-state index in [9.17, 15) is 4.79 Å². The van der Waals surface area contributed by atoms with Crippen molar-refractivity contribution < 1.29 is 9.53 Å². The summed E-state index contributed by atoms with van der Waals surface area (Å²) in [6.07, 6.45) is 3.49. The first-order valence-corrected chi connectivity index (χ1v) is 9.21. The predicted octanol–water partition coefficient (Wildman–Crippen LogP) is 4.80. The van der Waals surface area contributed by atoms with Gasteiger partial charge >= 0.3 is 5.97 Å². The maximum Gasteiger partial charge on any atom is 0.305 e. The highest BCUT2D eigenvalue weighted by Crippen LogP contribution is 2.22. The normalized spacial score (nSPS) is 11.9. The van der Waals surface area contributed by atoms with E-state index < -0.39 is 0 Å². The fraction of sp³-hybridized carbons (Fsp3) is 0.409. The number of aryl methyl sites for hydroxylation is 1. The standard InChI is InChI=1S/C22H29NO2/c1-3-25-21(24)12-8-5-9-17-23-22(19-10-6-4-7-11-19)20-15-13-18(2)14-16-20/h4,6-7,10-11,13-16,22-23H,3,5,8-9,12,17H2,1-2H3. The van der Waals surface area contributed by atoms with E-state index in [2.05, 4.69) is 60.8 Å². The summed E-state index contributed by atoms with van der Waals surface area (Å²) in [5.41, 5.74) is 3.83. The van der Waals surface area contributed by atoms with Crippen molar-refractivity contribution in [3.8, 4) is 0 Å². The third-order valence-corrected chi connectivity index (χ3v) is 4.26. The van der Waals surface area contributed by atoms with Crippen LogP contribution in [0.3, 0.4) is 0 Å². The summed E-state index contributed by atoms with van der Waals surface area (Å²) in [5, 5.41) is 3.67. The van der Waals surface area contributed by atoms with E-state index in [4.69, 9.17) is 4.74 Å². The smallest absolute Gasteiger partial charge is 0.305 e. The number of nitrogens with one attached hydrogen (secondary N) is 1. The van der Waals surface area contributed by atoms with Crippen molar-refractivity contribution in [2.75, 3.05) is 13.2 Å². The van der Waals surface area contributed by atoms with Gasteiger partial charge in [0.25, 0.3) is 0 Å². The van der Waals surface area contributed by atoms with Gasteiger partial charge in [0, 0.05) is 6.42 Å². The summed E-state index contributed by atoms with van der Waals surface area (Å²) in [4.78, 5) is 11.3. The highest BCUT2D eigenvalue weighted by Gasteiger charge is 2.12. The molecule has 0 aliphatic rings. The second-order valence-corrected chi connectivity index (χ2v) is 6.32. The molecule has 0 fully saturated rings. The Morgan fingerprint density at radius 3 is 2.32 bits per heavy atom. The number of rotatable bonds is 10. The molecule has 0 aliphatic heterocycles. The quantitative estimate of drug-likeness (QED) is 0.499. The highest BCUT2D eigenvalue weighted by atomic mass is 16.5. The van der Waals surface area contributed by atoms with Gasteiger partial charge in [-0.25, -0.2) is 0 Å². The lowest BCUT2D eigenvalue weighted by Gasteiger charge is -2.20. The third-order valence-electron chi connectivity index (χ3n) is 4.26. The molecule has 0 saturated carbocycles. The Balaban J connectivity index is 1.85. The van der Waals surface area contributed by atoms with Crippen molar-refractivity contribution >= 4 is 5.97 Å². The minimum atomic E-state index is -0.0859. The largest absolute Gasteiger partial charge is 0.466 e. The zero-order valence-electron chi connectivity index (χ0n) is 15.3. The number of esters is 1. The number of hydrogen-bond acceptors (Lipinski definition) is 3. The molecule has 25 heavy (non-hydrogen) atoms. The molecule has 0 aliphatic carbocycles. The summed E-state index contributed by atoms with van der Waals surface area (Å²) in [5.74, 6) is -0.0859.